The van der Waals surface area contributed by atoms with Crippen molar-refractivity contribution in [2.75, 3.05) is 0 Å². The van der Waals surface area contributed by atoms with Crippen molar-refractivity contribution in [2.24, 2.45) is 0 Å². The Labute approximate surface area is 107 Å². The van der Waals surface area contributed by atoms with Gasteiger partial charge in [0.15, 0.2) is 5.75 Å². The van der Waals surface area contributed by atoms with Crippen LogP contribution in [-0.2, 0) is 0 Å². The first-order valence-corrected chi connectivity index (χ1v) is 5.42. The number of nitrogens with zero attached hydrogens (tertiary/aromatic N) is 2. The summed E-state index contributed by atoms with van der Waals surface area (Å²) in [5.41, 5.74) is 0.438. The van der Waals surface area contributed by atoms with Crippen molar-refractivity contribution in [2.45, 2.75) is 13.8 Å². The lowest BCUT2D eigenvalue weighted by Gasteiger charge is -2.07. The van der Waals surface area contributed by atoms with Crippen LogP contribution >= 0.6 is 0 Å². The topological polar surface area (TPSA) is 105 Å². The molecule has 0 radical (unpaired) electrons. The molecule has 2 aromatic rings. The zero-order valence-corrected chi connectivity index (χ0v) is 10.3. The molecule has 0 spiro atoms. The molecule has 0 fully saturated rings. The second-order valence-corrected chi connectivity index (χ2v) is 3.89. The number of aromatic amines is 1. The Morgan fingerprint density at radius 2 is 2.05 bits per heavy atom. The van der Waals surface area contributed by atoms with Crippen LogP contribution in [0.5, 0.6) is 11.5 Å². The Balaban J connectivity index is 2.36. The Hall–Kier alpha value is -2.70. The van der Waals surface area contributed by atoms with Crippen molar-refractivity contribution in [1.82, 2.24) is 15.2 Å². The molecule has 0 aromatic carbocycles. The fourth-order valence-corrected chi connectivity index (χ4v) is 1.45. The van der Waals surface area contributed by atoms with Gasteiger partial charge >= 0.3 is 11.5 Å². The smallest absolute Gasteiger partial charge is 0.354 e. The average molecular weight is 261 g/mol. The first kappa shape index (κ1) is 12.7. The molecule has 2 heterocycles. The first-order valence-electron chi connectivity index (χ1n) is 5.42. The Morgan fingerprint density at radius 3 is 2.68 bits per heavy atom. The predicted molar refractivity (Wildman–Crippen MR) is 65.6 cm³/mol. The second kappa shape index (κ2) is 4.89. The zero-order chi connectivity index (χ0) is 14.0. The highest BCUT2D eigenvalue weighted by molar-refractivity contribution is 5.85. The second-order valence-electron chi connectivity index (χ2n) is 3.89. The predicted octanol–water partition coefficient (Wildman–Crippen LogP) is 1.27. The number of ether oxygens (including phenoxy) is 1. The fraction of sp³-hybridized carbons (Fsp3) is 0.167. The molecule has 2 N–H and O–H groups in total. The number of hydrogen-bond donors (Lipinski definition) is 2. The van der Waals surface area contributed by atoms with E-state index in [0.29, 0.717) is 17.1 Å². The van der Waals surface area contributed by atoms with E-state index in [9.17, 15) is 9.59 Å². The number of aromatic nitrogens is 3. The van der Waals surface area contributed by atoms with Crippen LogP contribution in [0.4, 0.5) is 0 Å². The molecule has 2 aromatic heterocycles. The lowest BCUT2D eigenvalue weighted by Crippen LogP contribution is -2.11. The third kappa shape index (κ3) is 2.76. The van der Waals surface area contributed by atoms with E-state index in [1.165, 1.54) is 18.2 Å². The molecule has 0 unspecified atom stereocenters. The van der Waals surface area contributed by atoms with Crippen LogP contribution in [0.25, 0.3) is 0 Å². The van der Waals surface area contributed by atoms with Gasteiger partial charge in [0.25, 0.3) is 0 Å². The van der Waals surface area contributed by atoms with Crippen LogP contribution in [0, 0.1) is 13.8 Å². The maximum absolute atomic E-state index is 11.5. The summed E-state index contributed by atoms with van der Waals surface area (Å²) in [4.78, 5) is 26.1. The molecule has 0 aliphatic rings. The van der Waals surface area contributed by atoms with E-state index in [0.717, 1.165) is 0 Å². The van der Waals surface area contributed by atoms with Gasteiger partial charge < -0.3 is 9.84 Å². The molecule has 0 aliphatic carbocycles. The van der Waals surface area contributed by atoms with E-state index < -0.39 is 11.5 Å². The molecule has 2 rings (SSSR count). The number of aryl methyl sites for hydroxylation is 2. The number of nitrogens with one attached hydrogen (secondary N) is 1. The standard InChI is InChI=1S/C12H11N3O4/c1-6-5-10(11(16)15-14-6)19-9-4-3-8(12(17)18)13-7(9)2/h3-5H,1-2H3,(H,15,16)(H,17,18). The van der Waals surface area contributed by atoms with Crippen LogP contribution in [-0.4, -0.2) is 26.3 Å². The Bertz CT molecular complexity index is 694. The summed E-state index contributed by atoms with van der Waals surface area (Å²) in [5, 5.41) is 14.8. The number of aromatic carboxylic acids is 1. The minimum atomic E-state index is -1.12. The van der Waals surface area contributed by atoms with Crippen molar-refractivity contribution in [3.63, 3.8) is 0 Å². The summed E-state index contributed by atoms with van der Waals surface area (Å²) in [6.07, 6.45) is 0. The summed E-state index contributed by atoms with van der Waals surface area (Å²) in [5.74, 6) is -0.714. The van der Waals surface area contributed by atoms with Crippen molar-refractivity contribution in [3.05, 3.63) is 45.6 Å². The summed E-state index contributed by atoms with van der Waals surface area (Å²) in [6.45, 7) is 3.31. The van der Waals surface area contributed by atoms with Crippen molar-refractivity contribution >= 4 is 5.97 Å². The van der Waals surface area contributed by atoms with Gasteiger partial charge in [0.05, 0.1) is 11.4 Å². The fourth-order valence-electron chi connectivity index (χ4n) is 1.45. The van der Waals surface area contributed by atoms with Crippen LogP contribution < -0.4 is 10.3 Å². The summed E-state index contributed by atoms with van der Waals surface area (Å²) in [6, 6.07) is 4.26. The maximum Gasteiger partial charge on any atom is 0.354 e. The molecule has 19 heavy (non-hydrogen) atoms. The number of carbonyl (C=O) groups is 1. The normalized spacial score (nSPS) is 10.2. The van der Waals surface area contributed by atoms with Crippen molar-refractivity contribution < 1.29 is 14.6 Å². The van der Waals surface area contributed by atoms with Gasteiger partial charge in [0, 0.05) is 6.07 Å². The molecular weight excluding hydrogens is 250 g/mol. The quantitative estimate of drug-likeness (QED) is 0.862. The van der Waals surface area contributed by atoms with E-state index in [1.54, 1.807) is 13.8 Å². The van der Waals surface area contributed by atoms with Crippen LogP contribution in [0.1, 0.15) is 21.9 Å². The molecule has 0 bridgehead atoms. The number of rotatable bonds is 3. The SMILES string of the molecule is Cc1cc(Oc2ccc(C(=O)O)nc2C)c(=O)[nH]n1. The molecule has 7 nitrogen and oxygen atoms in total. The summed E-state index contributed by atoms with van der Waals surface area (Å²) in [7, 11) is 0. The van der Waals surface area contributed by atoms with Crippen molar-refractivity contribution in [1.29, 1.82) is 0 Å². The Morgan fingerprint density at radius 1 is 1.32 bits per heavy atom. The zero-order valence-electron chi connectivity index (χ0n) is 10.3. The number of H-pyrrole nitrogens is 1. The highest BCUT2D eigenvalue weighted by Gasteiger charge is 2.10. The minimum Gasteiger partial charge on any atom is -0.477 e. The summed E-state index contributed by atoms with van der Waals surface area (Å²) < 4.78 is 5.42. The van der Waals surface area contributed by atoms with E-state index in [4.69, 9.17) is 9.84 Å². The van der Waals surface area contributed by atoms with Gasteiger partial charge in [0.2, 0.25) is 0 Å². The molecule has 0 atom stereocenters. The molecule has 98 valence electrons. The number of pyridine rings is 1. The number of carboxylic acids is 1. The molecule has 0 amide bonds. The van der Waals surface area contributed by atoms with E-state index in [-0.39, 0.29) is 11.4 Å². The minimum absolute atomic E-state index is 0.0790. The van der Waals surface area contributed by atoms with Crippen LogP contribution in [0.3, 0.4) is 0 Å². The monoisotopic (exact) mass is 261 g/mol. The van der Waals surface area contributed by atoms with Gasteiger partial charge in [-0.25, -0.2) is 14.9 Å². The largest absolute Gasteiger partial charge is 0.477 e. The van der Waals surface area contributed by atoms with Gasteiger partial charge in [-0.1, -0.05) is 0 Å². The van der Waals surface area contributed by atoms with Gasteiger partial charge in [-0.2, -0.15) is 5.10 Å². The maximum atomic E-state index is 11.5. The van der Waals surface area contributed by atoms with Gasteiger partial charge in [-0.15, -0.1) is 0 Å². The first-order chi connectivity index (χ1) is 8.97. The molecule has 0 saturated heterocycles. The number of hydrogen-bond acceptors (Lipinski definition) is 5. The third-order valence-electron chi connectivity index (χ3n) is 2.37. The number of carboxylic acid groups (broad SMARTS) is 1. The van der Waals surface area contributed by atoms with E-state index >= 15 is 0 Å². The summed E-state index contributed by atoms with van der Waals surface area (Å²) >= 11 is 0. The van der Waals surface area contributed by atoms with Gasteiger partial charge in [0.1, 0.15) is 11.4 Å². The highest BCUT2D eigenvalue weighted by Crippen LogP contribution is 2.21. The van der Waals surface area contributed by atoms with Gasteiger partial charge in [-0.3, -0.25) is 4.79 Å². The molecule has 0 aliphatic heterocycles. The average Bonchev–Trinajstić information content (AvgIpc) is 2.36. The van der Waals surface area contributed by atoms with E-state index in [2.05, 4.69) is 15.2 Å². The van der Waals surface area contributed by atoms with Gasteiger partial charge in [-0.05, 0) is 26.0 Å². The lowest BCUT2D eigenvalue weighted by molar-refractivity contribution is 0.0690. The third-order valence-corrected chi connectivity index (χ3v) is 2.37. The van der Waals surface area contributed by atoms with Crippen LogP contribution in [0.15, 0.2) is 23.0 Å². The van der Waals surface area contributed by atoms with Crippen molar-refractivity contribution in [3.8, 4) is 11.5 Å². The van der Waals surface area contributed by atoms with E-state index in [1.807, 2.05) is 0 Å². The molecule has 7 heteroatoms. The highest BCUT2D eigenvalue weighted by atomic mass is 16.5. The Kier molecular flexibility index (Phi) is 3.28. The van der Waals surface area contributed by atoms with Crippen LogP contribution in [0.2, 0.25) is 0 Å². The lowest BCUT2D eigenvalue weighted by atomic mass is 10.3. The molecule has 0 saturated carbocycles. The molecular formula is C12H11N3O4.